The number of nitrogens with one attached hydrogen (secondary N) is 1. The van der Waals surface area contributed by atoms with Crippen LogP contribution in [0.25, 0.3) is 11.3 Å². The van der Waals surface area contributed by atoms with Gasteiger partial charge in [-0.2, -0.15) is 15.4 Å². The van der Waals surface area contributed by atoms with E-state index in [1.807, 2.05) is 30.3 Å². The van der Waals surface area contributed by atoms with Crippen LogP contribution in [0.3, 0.4) is 0 Å². The molecule has 3 rings (SSSR count). The Balaban J connectivity index is 1.82. The highest BCUT2D eigenvalue weighted by Gasteiger charge is 2.14. The van der Waals surface area contributed by atoms with Gasteiger partial charge in [0.25, 0.3) is 0 Å². The lowest BCUT2D eigenvalue weighted by atomic mass is 10.1. The molecule has 0 fully saturated rings. The van der Waals surface area contributed by atoms with Crippen LogP contribution in [0.5, 0.6) is 5.75 Å². The van der Waals surface area contributed by atoms with E-state index >= 15 is 0 Å². The van der Waals surface area contributed by atoms with Crippen molar-refractivity contribution in [1.82, 2.24) is 15.4 Å². The maximum absolute atomic E-state index is 14.0. The molecule has 0 amide bonds. The van der Waals surface area contributed by atoms with E-state index in [2.05, 4.69) is 15.4 Å². The molecule has 3 aromatic rings. The summed E-state index contributed by atoms with van der Waals surface area (Å²) in [4.78, 5) is 0. The van der Waals surface area contributed by atoms with Crippen molar-refractivity contribution in [2.75, 3.05) is 0 Å². The molecule has 0 bridgehead atoms. The van der Waals surface area contributed by atoms with E-state index in [-0.39, 0.29) is 23.6 Å². The predicted octanol–water partition coefficient (Wildman–Crippen LogP) is 3.33. The van der Waals surface area contributed by atoms with E-state index in [1.54, 1.807) is 0 Å². The molecule has 6 heteroatoms. The van der Waals surface area contributed by atoms with Gasteiger partial charge in [0.05, 0.1) is 6.20 Å². The zero-order valence-electron chi connectivity index (χ0n) is 10.9. The van der Waals surface area contributed by atoms with Crippen LogP contribution >= 0.6 is 0 Å². The Hall–Kier alpha value is -2.76. The van der Waals surface area contributed by atoms with Crippen LogP contribution in [0, 0.1) is 11.6 Å². The van der Waals surface area contributed by atoms with Crippen molar-refractivity contribution in [3.8, 4) is 17.0 Å². The normalized spacial score (nSPS) is 10.6. The molecule has 0 spiro atoms. The number of halogens is 2. The van der Waals surface area contributed by atoms with Crippen LogP contribution in [-0.2, 0) is 6.61 Å². The summed E-state index contributed by atoms with van der Waals surface area (Å²) in [5.41, 5.74) is 1.15. The van der Waals surface area contributed by atoms with Gasteiger partial charge >= 0.3 is 0 Å². The van der Waals surface area contributed by atoms with Gasteiger partial charge in [-0.1, -0.05) is 30.3 Å². The molecule has 2 aromatic carbocycles. The molecule has 0 atom stereocenters. The minimum atomic E-state index is -0.648. The fraction of sp³-hybridized carbons (Fsp3) is 0.0667. The third-order valence-electron chi connectivity index (χ3n) is 2.95. The Morgan fingerprint density at radius 3 is 2.57 bits per heavy atom. The largest absolute Gasteiger partial charge is 0.486 e. The van der Waals surface area contributed by atoms with Crippen molar-refractivity contribution >= 4 is 0 Å². The average Bonchev–Trinajstić information content (AvgIpc) is 3.03. The number of benzene rings is 2. The van der Waals surface area contributed by atoms with Crippen LogP contribution in [0.1, 0.15) is 5.56 Å². The Labute approximate surface area is 119 Å². The first-order valence-electron chi connectivity index (χ1n) is 6.26. The predicted molar refractivity (Wildman–Crippen MR) is 72.5 cm³/mol. The molecule has 0 saturated heterocycles. The van der Waals surface area contributed by atoms with Gasteiger partial charge < -0.3 is 4.74 Å². The van der Waals surface area contributed by atoms with E-state index in [1.165, 1.54) is 6.20 Å². The lowest BCUT2D eigenvalue weighted by Crippen LogP contribution is -1.99. The molecule has 0 saturated carbocycles. The maximum Gasteiger partial charge on any atom is 0.165 e. The molecule has 0 aliphatic heterocycles. The molecule has 0 aliphatic rings. The van der Waals surface area contributed by atoms with E-state index < -0.39 is 11.6 Å². The maximum atomic E-state index is 14.0. The molecule has 0 aliphatic carbocycles. The van der Waals surface area contributed by atoms with E-state index in [9.17, 15) is 8.78 Å². The fourth-order valence-corrected chi connectivity index (χ4v) is 1.90. The standard InChI is InChI=1S/C15H11F2N3O/c16-12-7-15(21-9-10-4-2-1-3-5-10)13(17)6-11(12)14-8-18-20-19-14/h1-8H,9H2,(H,18,19,20). The second-order valence-corrected chi connectivity index (χ2v) is 4.39. The number of nitrogens with zero attached hydrogens (tertiary/aromatic N) is 2. The first-order chi connectivity index (χ1) is 10.2. The van der Waals surface area contributed by atoms with Gasteiger partial charge in [0.15, 0.2) is 11.6 Å². The highest BCUT2D eigenvalue weighted by molar-refractivity contribution is 5.60. The van der Waals surface area contributed by atoms with E-state index in [4.69, 9.17) is 4.74 Å². The highest BCUT2D eigenvalue weighted by Crippen LogP contribution is 2.28. The average molecular weight is 287 g/mol. The summed E-state index contributed by atoms with van der Waals surface area (Å²) in [6, 6.07) is 11.3. The zero-order chi connectivity index (χ0) is 14.7. The highest BCUT2D eigenvalue weighted by atomic mass is 19.1. The molecular weight excluding hydrogens is 276 g/mol. The van der Waals surface area contributed by atoms with Gasteiger partial charge in [-0.25, -0.2) is 8.78 Å². The van der Waals surface area contributed by atoms with Crippen molar-refractivity contribution in [3.05, 3.63) is 65.9 Å². The van der Waals surface area contributed by atoms with Gasteiger partial charge in [-0.3, -0.25) is 0 Å². The number of H-pyrrole nitrogens is 1. The fourth-order valence-electron chi connectivity index (χ4n) is 1.90. The van der Waals surface area contributed by atoms with Gasteiger partial charge in [0.2, 0.25) is 0 Å². The molecule has 21 heavy (non-hydrogen) atoms. The second-order valence-electron chi connectivity index (χ2n) is 4.39. The first kappa shape index (κ1) is 13.2. The van der Waals surface area contributed by atoms with Crippen LogP contribution in [0.2, 0.25) is 0 Å². The Morgan fingerprint density at radius 2 is 1.86 bits per heavy atom. The third kappa shape index (κ3) is 2.89. The van der Waals surface area contributed by atoms with Crippen molar-refractivity contribution in [3.63, 3.8) is 0 Å². The minimum Gasteiger partial charge on any atom is -0.486 e. The van der Waals surface area contributed by atoms with Crippen molar-refractivity contribution in [1.29, 1.82) is 0 Å². The molecule has 1 heterocycles. The Bertz CT molecular complexity index is 730. The van der Waals surface area contributed by atoms with Crippen LogP contribution in [0.4, 0.5) is 8.78 Å². The third-order valence-corrected chi connectivity index (χ3v) is 2.95. The smallest absolute Gasteiger partial charge is 0.165 e. The first-order valence-corrected chi connectivity index (χ1v) is 6.26. The van der Waals surface area contributed by atoms with Gasteiger partial charge in [-0.05, 0) is 11.6 Å². The zero-order valence-corrected chi connectivity index (χ0v) is 10.9. The van der Waals surface area contributed by atoms with Crippen molar-refractivity contribution in [2.45, 2.75) is 6.61 Å². The van der Waals surface area contributed by atoms with Crippen molar-refractivity contribution in [2.24, 2.45) is 0 Å². The molecule has 1 N–H and O–H groups in total. The minimum absolute atomic E-state index is 0.0355. The van der Waals surface area contributed by atoms with Gasteiger partial charge in [-0.15, -0.1) is 0 Å². The number of ether oxygens (including phenoxy) is 1. The monoisotopic (exact) mass is 287 g/mol. The topological polar surface area (TPSA) is 50.8 Å². The number of hydrogen-bond donors (Lipinski definition) is 1. The molecule has 0 radical (unpaired) electrons. The van der Waals surface area contributed by atoms with Gasteiger partial charge in [0.1, 0.15) is 18.1 Å². The van der Waals surface area contributed by atoms with Crippen molar-refractivity contribution < 1.29 is 13.5 Å². The summed E-state index contributed by atoms with van der Waals surface area (Å²) in [7, 11) is 0. The SMILES string of the molecule is Fc1cc(-c2cn[nH]n2)c(F)cc1OCc1ccccc1. The number of aromatic nitrogens is 3. The van der Waals surface area contributed by atoms with Crippen LogP contribution < -0.4 is 4.74 Å². The van der Waals surface area contributed by atoms with Crippen LogP contribution in [0.15, 0.2) is 48.7 Å². The lowest BCUT2D eigenvalue weighted by Gasteiger charge is -2.09. The molecule has 4 nitrogen and oxygen atoms in total. The summed E-state index contributed by atoms with van der Waals surface area (Å²) in [5.74, 6) is -1.40. The summed E-state index contributed by atoms with van der Waals surface area (Å²) >= 11 is 0. The molecule has 106 valence electrons. The summed E-state index contributed by atoms with van der Waals surface area (Å²) in [5, 5.41) is 9.66. The Morgan fingerprint density at radius 1 is 1.05 bits per heavy atom. The summed E-state index contributed by atoms with van der Waals surface area (Å²) < 4.78 is 33.3. The summed E-state index contributed by atoms with van der Waals surface area (Å²) in [6.45, 7) is 0.167. The van der Waals surface area contributed by atoms with Gasteiger partial charge in [0, 0.05) is 11.6 Å². The second kappa shape index (κ2) is 5.70. The molecule has 0 unspecified atom stereocenters. The number of aromatic amines is 1. The van der Waals surface area contributed by atoms with E-state index in [0.29, 0.717) is 0 Å². The number of rotatable bonds is 4. The number of hydrogen-bond acceptors (Lipinski definition) is 3. The molecular formula is C15H11F2N3O. The van der Waals surface area contributed by atoms with Crippen LogP contribution in [-0.4, -0.2) is 15.4 Å². The van der Waals surface area contributed by atoms with E-state index in [0.717, 1.165) is 17.7 Å². The summed E-state index contributed by atoms with van der Waals surface area (Å²) in [6.07, 6.45) is 1.32. The Kier molecular flexibility index (Phi) is 3.59. The quantitative estimate of drug-likeness (QED) is 0.800. The lowest BCUT2D eigenvalue weighted by molar-refractivity contribution is 0.288. The molecule has 1 aromatic heterocycles.